The molecule has 0 bridgehead atoms. The van der Waals surface area contributed by atoms with Crippen LogP contribution in [0.25, 0.3) is 0 Å². The summed E-state index contributed by atoms with van der Waals surface area (Å²) in [5, 5.41) is 9.30. The molecule has 3 rings (SSSR count). The normalized spacial score (nSPS) is 19.8. The number of ether oxygens (including phenoxy) is 2. The van der Waals surface area contributed by atoms with Gasteiger partial charge in [0.2, 0.25) is 6.79 Å². The van der Waals surface area contributed by atoms with Crippen LogP contribution in [-0.4, -0.2) is 66.3 Å². The number of nitrogens with zero attached hydrogens (tertiary/aromatic N) is 2. The van der Waals surface area contributed by atoms with E-state index in [2.05, 4.69) is 0 Å². The minimum Gasteiger partial charge on any atom is -0.480 e. The standard InChI is InChI=1S/C17H21ClN2O5/c1-19(9-15(21)22)12-3-2-5-20(6-4-12)17(23)11-7-13(18)16-14(8-11)24-10-25-16/h7-8,12H,2-6,9-10H2,1H3,(H,21,22)/t12-/m0/s1. The Kier molecular flexibility index (Phi) is 5.34. The summed E-state index contributed by atoms with van der Waals surface area (Å²) in [6.45, 7) is 1.34. The van der Waals surface area contributed by atoms with Gasteiger partial charge < -0.3 is 19.5 Å². The molecule has 1 fully saturated rings. The lowest BCUT2D eigenvalue weighted by Crippen LogP contribution is -2.37. The molecule has 0 aliphatic carbocycles. The fourth-order valence-corrected chi connectivity index (χ4v) is 3.60. The SMILES string of the molecule is CN(CC(=O)O)[C@H]1CCCN(C(=O)c2cc(Cl)c3c(c2)OCO3)CC1. The molecule has 0 aromatic heterocycles. The Morgan fingerprint density at radius 2 is 2.12 bits per heavy atom. The first-order valence-electron chi connectivity index (χ1n) is 8.26. The lowest BCUT2D eigenvalue weighted by Gasteiger charge is -2.25. The number of hydrogen-bond acceptors (Lipinski definition) is 5. The van der Waals surface area contributed by atoms with Gasteiger partial charge in [0.05, 0.1) is 11.6 Å². The van der Waals surface area contributed by atoms with Gasteiger partial charge in [-0.2, -0.15) is 0 Å². The second kappa shape index (κ2) is 7.49. The number of likely N-dealkylation sites (N-methyl/N-ethyl adjacent to an activating group) is 1. The number of likely N-dealkylation sites (tertiary alicyclic amines) is 1. The predicted octanol–water partition coefficient (Wildman–Crippen LogP) is 2.08. The second-order valence-electron chi connectivity index (χ2n) is 6.38. The van der Waals surface area contributed by atoms with Crippen molar-refractivity contribution in [2.75, 3.05) is 33.5 Å². The Balaban J connectivity index is 1.67. The molecule has 0 unspecified atom stereocenters. The summed E-state index contributed by atoms with van der Waals surface area (Å²) >= 11 is 6.17. The molecule has 0 saturated carbocycles. The molecule has 1 N–H and O–H groups in total. The average Bonchev–Trinajstić information content (AvgIpc) is 2.90. The predicted molar refractivity (Wildman–Crippen MR) is 91.4 cm³/mol. The molecule has 136 valence electrons. The molecule has 2 aliphatic rings. The Labute approximate surface area is 151 Å². The largest absolute Gasteiger partial charge is 0.480 e. The highest BCUT2D eigenvalue weighted by Crippen LogP contribution is 2.40. The first kappa shape index (κ1) is 17.8. The van der Waals surface area contributed by atoms with Gasteiger partial charge in [0.1, 0.15) is 0 Å². The fraction of sp³-hybridized carbons (Fsp3) is 0.529. The van der Waals surface area contributed by atoms with Crippen molar-refractivity contribution in [1.82, 2.24) is 9.80 Å². The summed E-state index contributed by atoms with van der Waals surface area (Å²) in [4.78, 5) is 27.3. The molecular formula is C17H21ClN2O5. The highest BCUT2D eigenvalue weighted by atomic mass is 35.5. The Morgan fingerprint density at radius 3 is 2.88 bits per heavy atom. The third-order valence-corrected chi connectivity index (χ3v) is 4.95. The van der Waals surface area contributed by atoms with Crippen molar-refractivity contribution in [2.45, 2.75) is 25.3 Å². The van der Waals surface area contributed by atoms with Crippen LogP contribution in [0.15, 0.2) is 12.1 Å². The number of fused-ring (bicyclic) bond motifs is 1. The van der Waals surface area contributed by atoms with Crippen molar-refractivity contribution in [2.24, 2.45) is 0 Å². The topological polar surface area (TPSA) is 79.3 Å². The molecule has 1 aromatic rings. The van der Waals surface area contributed by atoms with Gasteiger partial charge in [0, 0.05) is 24.7 Å². The minimum atomic E-state index is -0.838. The van der Waals surface area contributed by atoms with Crippen molar-refractivity contribution >= 4 is 23.5 Å². The zero-order chi connectivity index (χ0) is 18.0. The van der Waals surface area contributed by atoms with Gasteiger partial charge in [-0.05, 0) is 38.4 Å². The van der Waals surface area contributed by atoms with Crippen molar-refractivity contribution < 1.29 is 24.2 Å². The zero-order valence-electron chi connectivity index (χ0n) is 14.0. The van der Waals surface area contributed by atoms with Gasteiger partial charge >= 0.3 is 5.97 Å². The maximum atomic E-state index is 12.8. The second-order valence-corrected chi connectivity index (χ2v) is 6.78. The number of benzene rings is 1. The van der Waals surface area contributed by atoms with Crippen LogP contribution in [0.4, 0.5) is 0 Å². The summed E-state index contributed by atoms with van der Waals surface area (Å²) < 4.78 is 10.6. The van der Waals surface area contributed by atoms with Crippen LogP contribution >= 0.6 is 11.6 Å². The van der Waals surface area contributed by atoms with Crippen LogP contribution in [0.5, 0.6) is 11.5 Å². The average molecular weight is 369 g/mol. The minimum absolute atomic E-state index is 0.0103. The molecule has 0 radical (unpaired) electrons. The number of hydrogen-bond donors (Lipinski definition) is 1. The van der Waals surface area contributed by atoms with Crippen molar-refractivity contribution in [3.8, 4) is 11.5 Å². The van der Waals surface area contributed by atoms with Gasteiger partial charge in [-0.15, -0.1) is 0 Å². The molecule has 1 amide bonds. The molecule has 2 aliphatic heterocycles. The number of rotatable bonds is 4. The van der Waals surface area contributed by atoms with E-state index in [4.69, 9.17) is 26.2 Å². The number of carbonyl (C=O) groups excluding carboxylic acids is 1. The van der Waals surface area contributed by atoms with E-state index in [9.17, 15) is 9.59 Å². The summed E-state index contributed by atoms with van der Waals surface area (Å²) in [5.74, 6) is 0.0330. The first-order valence-corrected chi connectivity index (χ1v) is 8.64. The smallest absolute Gasteiger partial charge is 0.317 e. The van der Waals surface area contributed by atoms with E-state index in [0.717, 1.165) is 19.3 Å². The van der Waals surface area contributed by atoms with Gasteiger partial charge in [-0.3, -0.25) is 14.5 Å². The van der Waals surface area contributed by atoms with Crippen LogP contribution in [-0.2, 0) is 4.79 Å². The lowest BCUT2D eigenvalue weighted by atomic mass is 10.1. The summed E-state index contributed by atoms with van der Waals surface area (Å²) in [6.07, 6.45) is 2.45. The van der Waals surface area contributed by atoms with Crippen LogP contribution in [0.3, 0.4) is 0 Å². The third-order valence-electron chi connectivity index (χ3n) is 4.67. The maximum Gasteiger partial charge on any atom is 0.317 e. The summed E-state index contributed by atoms with van der Waals surface area (Å²) in [5.41, 5.74) is 0.478. The Hall–Kier alpha value is -1.99. The van der Waals surface area contributed by atoms with Crippen LogP contribution in [0.2, 0.25) is 5.02 Å². The highest BCUT2D eigenvalue weighted by Gasteiger charge is 2.27. The molecule has 7 nitrogen and oxygen atoms in total. The number of carbonyl (C=O) groups is 2. The van der Waals surface area contributed by atoms with E-state index in [0.29, 0.717) is 35.2 Å². The number of amides is 1. The van der Waals surface area contributed by atoms with Crippen molar-refractivity contribution in [3.05, 3.63) is 22.7 Å². The molecule has 1 aromatic carbocycles. The first-order chi connectivity index (χ1) is 12.0. The van der Waals surface area contributed by atoms with E-state index in [1.54, 1.807) is 17.0 Å². The van der Waals surface area contributed by atoms with E-state index in [-0.39, 0.29) is 25.3 Å². The molecule has 8 heteroatoms. The highest BCUT2D eigenvalue weighted by molar-refractivity contribution is 6.32. The van der Waals surface area contributed by atoms with Crippen LogP contribution in [0, 0.1) is 0 Å². The van der Waals surface area contributed by atoms with Crippen LogP contribution < -0.4 is 9.47 Å². The molecule has 2 heterocycles. The third kappa shape index (κ3) is 3.99. The van der Waals surface area contributed by atoms with Gasteiger partial charge in [-0.25, -0.2) is 0 Å². The van der Waals surface area contributed by atoms with Crippen molar-refractivity contribution in [1.29, 1.82) is 0 Å². The molecular weight excluding hydrogens is 348 g/mol. The fourth-order valence-electron chi connectivity index (χ4n) is 3.34. The maximum absolute atomic E-state index is 12.8. The molecule has 1 atom stereocenters. The summed E-state index contributed by atoms with van der Waals surface area (Å²) in [6, 6.07) is 3.43. The van der Waals surface area contributed by atoms with Gasteiger partial charge in [0.25, 0.3) is 5.91 Å². The number of carboxylic acid groups (broad SMARTS) is 1. The van der Waals surface area contributed by atoms with Gasteiger partial charge in [0.15, 0.2) is 11.5 Å². The van der Waals surface area contributed by atoms with E-state index in [1.807, 2.05) is 11.9 Å². The lowest BCUT2D eigenvalue weighted by molar-refractivity contribution is -0.138. The number of halogens is 1. The molecule has 0 spiro atoms. The van der Waals surface area contributed by atoms with E-state index >= 15 is 0 Å². The quantitative estimate of drug-likeness (QED) is 0.876. The van der Waals surface area contributed by atoms with Crippen molar-refractivity contribution in [3.63, 3.8) is 0 Å². The van der Waals surface area contributed by atoms with E-state index in [1.165, 1.54) is 0 Å². The van der Waals surface area contributed by atoms with E-state index < -0.39 is 5.97 Å². The summed E-state index contributed by atoms with van der Waals surface area (Å²) in [7, 11) is 1.81. The zero-order valence-corrected chi connectivity index (χ0v) is 14.8. The number of carboxylic acids is 1. The number of aliphatic carboxylic acids is 1. The Morgan fingerprint density at radius 1 is 1.32 bits per heavy atom. The monoisotopic (exact) mass is 368 g/mol. The van der Waals surface area contributed by atoms with Crippen LogP contribution in [0.1, 0.15) is 29.6 Å². The molecule has 1 saturated heterocycles. The molecule has 25 heavy (non-hydrogen) atoms. The Bertz CT molecular complexity index is 681. The van der Waals surface area contributed by atoms with Gasteiger partial charge in [-0.1, -0.05) is 11.6 Å².